The molecule has 0 aromatic carbocycles. The number of hydrogen-bond acceptors (Lipinski definition) is 2. The highest BCUT2D eigenvalue weighted by molar-refractivity contribution is 5.76. The predicted molar refractivity (Wildman–Crippen MR) is 134 cm³/mol. The third kappa shape index (κ3) is 22.1. The Hall–Kier alpha value is -0.570. The van der Waals surface area contributed by atoms with Crippen LogP contribution in [0.25, 0.3) is 0 Å². The molecule has 0 saturated carbocycles. The van der Waals surface area contributed by atoms with Crippen molar-refractivity contribution in [1.29, 1.82) is 0 Å². The standard InChI is InChI=1S/C27H56N2O/c1-4-5-6-7-8-9-10-11-12-13-14-15-16-17-18-19-20-21-23-26(27(28)30)24-22-25-29(2)3/h26H,4-25H2,1-3H3,(H2,28,30). The van der Waals surface area contributed by atoms with Gasteiger partial charge >= 0.3 is 0 Å². The van der Waals surface area contributed by atoms with Crippen LogP contribution in [0.1, 0.15) is 142 Å². The Balaban J connectivity index is 3.29. The second-order valence-corrected chi connectivity index (χ2v) is 9.84. The number of amides is 1. The molecule has 1 atom stereocenters. The van der Waals surface area contributed by atoms with E-state index in [9.17, 15) is 4.79 Å². The molecule has 1 amide bonds. The van der Waals surface area contributed by atoms with Crippen LogP contribution in [0.15, 0.2) is 0 Å². The summed E-state index contributed by atoms with van der Waals surface area (Å²) < 4.78 is 0. The van der Waals surface area contributed by atoms with Crippen molar-refractivity contribution >= 4 is 5.91 Å². The summed E-state index contributed by atoms with van der Waals surface area (Å²) >= 11 is 0. The zero-order valence-corrected chi connectivity index (χ0v) is 21.1. The molecule has 1 unspecified atom stereocenters. The quantitative estimate of drug-likeness (QED) is 0.160. The van der Waals surface area contributed by atoms with Crippen LogP contribution in [-0.4, -0.2) is 31.4 Å². The van der Waals surface area contributed by atoms with Crippen LogP contribution in [0, 0.1) is 5.92 Å². The van der Waals surface area contributed by atoms with Crippen LogP contribution in [-0.2, 0) is 4.79 Å². The molecule has 0 radical (unpaired) electrons. The minimum Gasteiger partial charge on any atom is -0.369 e. The smallest absolute Gasteiger partial charge is 0.220 e. The number of nitrogens with zero attached hydrogens (tertiary/aromatic N) is 1. The van der Waals surface area contributed by atoms with Gasteiger partial charge in [-0.2, -0.15) is 0 Å². The molecular formula is C27H56N2O. The lowest BCUT2D eigenvalue weighted by molar-refractivity contribution is -0.122. The van der Waals surface area contributed by atoms with E-state index in [1.165, 1.54) is 109 Å². The first kappa shape index (κ1) is 29.4. The summed E-state index contributed by atoms with van der Waals surface area (Å²) in [5.74, 6) is -0.00765. The van der Waals surface area contributed by atoms with Crippen molar-refractivity contribution in [3.8, 4) is 0 Å². The molecule has 180 valence electrons. The highest BCUT2D eigenvalue weighted by Crippen LogP contribution is 2.18. The first-order valence-electron chi connectivity index (χ1n) is 13.5. The van der Waals surface area contributed by atoms with Gasteiger partial charge < -0.3 is 10.6 Å². The second kappa shape index (κ2) is 23.1. The van der Waals surface area contributed by atoms with E-state index in [0.29, 0.717) is 0 Å². The lowest BCUT2D eigenvalue weighted by atomic mass is 9.95. The maximum absolute atomic E-state index is 11.6. The largest absolute Gasteiger partial charge is 0.369 e. The van der Waals surface area contributed by atoms with Crippen LogP contribution >= 0.6 is 0 Å². The number of carbonyl (C=O) groups is 1. The third-order valence-electron chi connectivity index (χ3n) is 6.47. The molecule has 0 spiro atoms. The molecule has 3 heteroatoms. The average Bonchev–Trinajstić information content (AvgIpc) is 2.71. The summed E-state index contributed by atoms with van der Waals surface area (Å²) in [5.41, 5.74) is 5.58. The molecule has 0 fully saturated rings. The van der Waals surface area contributed by atoms with Crippen molar-refractivity contribution in [2.24, 2.45) is 11.7 Å². The minimum absolute atomic E-state index is 0.0889. The molecule has 0 heterocycles. The SMILES string of the molecule is CCCCCCCCCCCCCCCCCCCCC(CCCN(C)C)C(N)=O. The zero-order valence-electron chi connectivity index (χ0n) is 21.1. The fourth-order valence-electron chi connectivity index (χ4n) is 4.38. The Labute approximate surface area is 189 Å². The third-order valence-corrected chi connectivity index (χ3v) is 6.47. The molecule has 0 aromatic rings. The predicted octanol–water partition coefficient (Wildman–Crippen LogP) is 7.86. The van der Waals surface area contributed by atoms with E-state index in [2.05, 4.69) is 25.9 Å². The highest BCUT2D eigenvalue weighted by Gasteiger charge is 2.14. The Morgan fingerprint density at radius 2 is 0.933 bits per heavy atom. The van der Waals surface area contributed by atoms with E-state index in [-0.39, 0.29) is 11.8 Å². The van der Waals surface area contributed by atoms with Gasteiger partial charge in [0, 0.05) is 5.92 Å². The van der Waals surface area contributed by atoms with E-state index in [1.54, 1.807) is 0 Å². The topological polar surface area (TPSA) is 46.3 Å². The van der Waals surface area contributed by atoms with Crippen molar-refractivity contribution in [2.45, 2.75) is 142 Å². The molecule has 3 nitrogen and oxygen atoms in total. The van der Waals surface area contributed by atoms with Crippen molar-refractivity contribution in [3.63, 3.8) is 0 Å². The van der Waals surface area contributed by atoms with E-state index >= 15 is 0 Å². The summed E-state index contributed by atoms with van der Waals surface area (Å²) in [6, 6.07) is 0. The first-order valence-corrected chi connectivity index (χ1v) is 13.5. The van der Waals surface area contributed by atoms with Gasteiger partial charge in [0.2, 0.25) is 5.91 Å². The van der Waals surface area contributed by atoms with Crippen LogP contribution < -0.4 is 5.73 Å². The summed E-state index contributed by atoms with van der Waals surface area (Å²) in [4.78, 5) is 13.8. The molecule has 0 bridgehead atoms. The van der Waals surface area contributed by atoms with Gasteiger partial charge in [-0.05, 0) is 39.9 Å². The summed E-state index contributed by atoms with van der Waals surface area (Å²) in [5, 5.41) is 0. The molecule has 0 saturated heterocycles. The molecule has 0 aliphatic rings. The Morgan fingerprint density at radius 3 is 1.27 bits per heavy atom. The van der Waals surface area contributed by atoms with Gasteiger partial charge in [0.1, 0.15) is 0 Å². The number of primary amides is 1. The van der Waals surface area contributed by atoms with Gasteiger partial charge in [0.15, 0.2) is 0 Å². The molecular weight excluding hydrogens is 368 g/mol. The summed E-state index contributed by atoms with van der Waals surface area (Å²) in [6.07, 6.45) is 28.2. The lowest BCUT2D eigenvalue weighted by Gasteiger charge is -2.15. The van der Waals surface area contributed by atoms with E-state index in [1.807, 2.05) is 0 Å². The molecule has 2 N–H and O–H groups in total. The maximum Gasteiger partial charge on any atom is 0.220 e. The number of rotatable bonds is 24. The zero-order chi connectivity index (χ0) is 22.3. The average molecular weight is 425 g/mol. The van der Waals surface area contributed by atoms with Gasteiger partial charge in [-0.25, -0.2) is 0 Å². The molecule has 0 aromatic heterocycles. The summed E-state index contributed by atoms with van der Waals surface area (Å²) in [7, 11) is 4.16. The maximum atomic E-state index is 11.6. The Kier molecular flexibility index (Phi) is 22.7. The number of hydrogen-bond donors (Lipinski definition) is 1. The van der Waals surface area contributed by atoms with Gasteiger partial charge in [-0.15, -0.1) is 0 Å². The fourth-order valence-corrected chi connectivity index (χ4v) is 4.38. The van der Waals surface area contributed by atoms with Crippen LogP contribution in [0.3, 0.4) is 0 Å². The number of unbranched alkanes of at least 4 members (excludes halogenated alkanes) is 17. The van der Waals surface area contributed by atoms with Gasteiger partial charge in [0.25, 0.3) is 0 Å². The van der Waals surface area contributed by atoms with E-state index < -0.39 is 0 Å². The normalized spacial score (nSPS) is 12.5. The van der Waals surface area contributed by atoms with E-state index in [0.717, 1.165) is 32.2 Å². The fraction of sp³-hybridized carbons (Fsp3) is 0.963. The van der Waals surface area contributed by atoms with Crippen molar-refractivity contribution in [3.05, 3.63) is 0 Å². The first-order chi connectivity index (χ1) is 14.6. The van der Waals surface area contributed by atoms with Crippen molar-refractivity contribution in [1.82, 2.24) is 4.90 Å². The number of carbonyl (C=O) groups excluding carboxylic acids is 1. The molecule has 30 heavy (non-hydrogen) atoms. The Bertz CT molecular complexity index is 357. The Morgan fingerprint density at radius 1 is 0.600 bits per heavy atom. The molecule has 0 rings (SSSR count). The monoisotopic (exact) mass is 424 g/mol. The molecule has 0 aliphatic heterocycles. The van der Waals surface area contributed by atoms with Gasteiger partial charge in [0.05, 0.1) is 0 Å². The second-order valence-electron chi connectivity index (χ2n) is 9.84. The van der Waals surface area contributed by atoms with Crippen LogP contribution in [0.4, 0.5) is 0 Å². The lowest BCUT2D eigenvalue weighted by Crippen LogP contribution is -2.24. The van der Waals surface area contributed by atoms with Crippen molar-refractivity contribution < 1.29 is 4.79 Å². The summed E-state index contributed by atoms with van der Waals surface area (Å²) in [6.45, 7) is 3.33. The van der Waals surface area contributed by atoms with Crippen LogP contribution in [0.5, 0.6) is 0 Å². The van der Waals surface area contributed by atoms with E-state index in [4.69, 9.17) is 5.73 Å². The highest BCUT2D eigenvalue weighted by atomic mass is 16.1. The van der Waals surface area contributed by atoms with Crippen LogP contribution in [0.2, 0.25) is 0 Å². The van der Waals surface area contributed by atoms with Gasteiger partial charge in [-0.1, -0.05) is 122 Å². The van der Waals surface area contributed by atoms with Gasteiger partial charge in [-0.3, -0.25) is 4.79 Å². The number of nitrogens with two attached hydrogens (primary N) is 1. The minimum atomic E-state index is -0.0965. The molecule has 0 aliphatic carbocycles. The van der Waals surface area contributed by atoms with Crippen molar-refractivity contribution in [2.75, 3.05) is 20.6 Å².